The Labute approximate surface area is 459 Å². The van der Waals surface area contributed by atoms with E-state index in [0.29, 0.717) is 17.4 Å². The summed E-state index contributed by atoms with van der Waals surface area (Å²) in [5, 5.41) is 13.9. The number of quaternary nitrogens is 1. The van der Waals surface area contributed by atoms with Gasteiger partial charge in [0, 0.05) is 6.42 Å². The molecule has 0 aliphatic heterocycles. The molecule has 3 atom stereocenters. The molecule has 0 saturated carbocycles. The zero-order valence-electron chi connectivity index (χ0n) is 49.3. The summed E-state index contributed by atoms with van der Waals surface area (Å²) in [6.45, 7) is 4.62. The first kappa shape index (κ1) is 71.9. The number of unbranched alkanes of at least 4 members (excludes halogenated alkanes) is 34. The van der Waals surface area contributed by atoms with E-state index in [9.17, 15) is 19.4 Å². The topological polar surface area (TPSA) is 108 Å². The maximum Gasteiger partial charge on any atom is 0.268 e. The summed E-state index contributed by atoms with van der Waals surface area (Å²) in [6, 6.07) is -0.911. The lowest BCUT2D eigenvalue weighted by Crippen LogP contribution is -2.45. The van der Waals surface area contributed by atoms with Gasteiger partial charge in [0.2, 0.25) is 5.91 Å². The number of likely N-dealkylation sites (N-methyl/N-ethyl adjacent to an activating group) is 1. The number of phosphoric acid groups is 1. The first-order valence-corrected chi connectivity index (χ1v) is 32.8. The van der Waals surface area contributed by atoms with Gasteiger partial charge in [-0.15, -0.1) is 0 Å². The van der Waals surface area contributed by atoms with Crippen LogP contribution in [0.1, 0.15) is 284 Å². The van der Waals surface area contributed by atoms with Gasteiger partial charge in [-0.1, -0.05) is 267 Å². The van der Waals surface area contributed by atoms with Crippen molar-refractivity contribution < 1.29 is 32.9 Å². The molecule has 0 aromatic carbocycles. The van der Waals surface area contributed by atoms with Gasteiger partial charge in [0.1, 0.15) is 13.2 Å². The molecule has 0 radical (unpaired) electrons. The summed E-state index contributed by atoms with van der Waals surface area (Å²) in [7, 11) is 1.24. The van der Waals surface area contributed by atoms with Gasteiger partial charge in [-0.25, -0.2) is 0 Å². The molecule has 3 unspecified atom stereocenters. The SMILES string of the molecule is CCCCCCC/C=C\C/C=C\C/C=C\CCCCCCCCCCCCCCCCCCCCCCC(=O)NC(COP(=O)([O-])OCC[N+](C)(C)C)C(O)/C=C/CC/C=C/CC/C=C/CCCCCCCCC. The van der Waals surface area contributed by atoms with Crippen LogP contribution in [0.4, 0.5) is 0 Å². The maximum absolute atomic E-state index is 13.0. The number of phosphoric ester groups is 1. The minimum atomic E-state index is -4.61. The van der Waals surface area contributed by atoms with Crippen LogP contribution in [0.25, 0.3) is 0 Å². The van der Waals surface area contributed by atoms with Gasteiger partial charge in [0.25, 0.3) is 7.82 Å². The van der Waals surface area contributed by atoms with Crippen LogP contribution in [0.5, 0.6) is 0 Å². The Kier molecular flexibility index (Phi) is 54.1. The number of amides is 1. The first-order chi connectivity index (χ1) is 36.0. The van der Waals surface area contributed by atoms with Crippen LogP contribution in [0.2, 0.25) is 0 Å². The summed E-state index contributed by atoms with van der Waals surface area (Å²) in [5.74, 6) is -0.209. The zero-order valence-corrected chi connectivity index (χ0v) is 50.2. The molecule has 432 valence electrons. The standard InChI is InChI=1S/C65H121N2O6P/c1-6-8-10-12-14-16-18-20-22-24-25-26-27-28-29-30-31-32-33-34-35-36-37-38-39-40-41-43-45-47-49-51-53-55-57-59-65(69)66-63(62-73-74(70,71)72-61-60-67(3,4)5)64(68)58-56-54-52-50-48-46-44-42-23-21-19-17-15-13-11-9-7-2/h18,20,23-25,27-28,42,48,50,56,58,63-64,68H,6-17,19,21-22,26,29-41,43-47,49,51-55,57,59-62H2,1-5H3,(H-,66,69,70,71)/b20-18-,25-24-,28-27-,42-23+,50-48+,58-56+. The fourth-order valence-electron chi connectivity index (χ4n) is 8.96. The Morgan fingerprint density at radius 3 is 1.19 bits per heavy atom. The van der Waals surface area contributed by atoms with Crippen LogP contribution in [0, 0.1) is 0 Å². The van der Waals surface area contributed by atoms with E-state index in [0.717, 1.165) is 57.8 Å². The monoisotopic (exact) mass is 1060 g/mol. The number of hydrogen-bond acceptors (Lipinski definition) is 6. The summed E-state index contributed by atoms with van der Waals surface area (Å²) < 4.78 is 23.3. The lowest BCUT2D eigenvalue weighted by atomic mass is 10.0. The Morgan fingerprint density at radius 1 is 0.473 bits per heavy atom. The highest BCUT2D eigenvalue weighted by Gasteiger charge is 2.23. The molecule has 0 fully saturated rings. The summed E-state index contributed by atoms with van der Waals surface area (Å²) in [6.07, 6.45) is 77.2. The van der Waals surface area contributed by atoms with Crippen LogP contribution in [0.15, 0.2) is 72.9 Å². The molecule has 0 spiro atoms. The Hall–Kier alpha value is -2.06. The van der Waals surface area contributed by atoms with E-state index in [-0.39, 0.29) is 12.5 Å². The molecule has 9 heteroatoms. The first-order valence-electron chi connectivity index (χ1n) is 31.3. The number of hydrogen-bond donors (Lipinski definition) is 2. The smallest absolute Gasteiger partial charge is 0.268 e. The van der Waals surface area contributed by atoms with Gasteiger partial charge in [-0.3, -0.25) is 9.36 Å². The number of nitrogens with one attached hydrogen (secondary N) is 1. The highest BCUT2D eigenvalue weighted by molar-refractivity contribution is 7.45. The fraction of sp³-hybridized carbons (Fsp3) is 0.800. The Balaban J connectivity index is 4.06. The van der Waals surface area contributed by atoms with E-state index in [1.165, 1.54) is 205 Å². The second kappa shape index (κ2) is 55.7. The van der Waals surface area contributed by atoms with E-state index in [2.05, 4.69) is 79.9 Å². The molecule has 0 aromatic rings. The lowest BCUT2D eigenvalue weighted by Gasteiger charge is -2.29. The van der Waals surface area contributed by atoms with Gasteiger partial charge in [0.05, 0.1) is 39.9 Å². The van der Waals surface area contributed by atoms with Crippen molar-refractivity contribution in [3.63, 3.8) is 0 Å². The third-order valence-electron chi connectivity index (χ3n) is 13.9. The molecule has 0 aliphatic carbocycles. The molecule has 74 heavy (non-hydrogen) atoms. The normalized spacial score (nSPS) is 14.3. The number of allylic oxidation sites excluding steroid dienone is 11. The molecule has 0 heterocycles. The van der Waals surface area contributed by atoms with Crippen molar-refractivity contribution in [1.29, 1.82) is 0 Å². The van der Waals surface area contributed by atoms with Crippen molar-refractivity contribution in [2.75, 3.05) is 40.9 Å². The molecule has 8 nitrogen and oxygen atoms in total. The van der Waals surface area contributed by atoms with E-state index >= 15 is 0 Å². The molecule has 2 N–H and O–H groups in total. The highest BCUT2D eigenvalue weighted by atomic mass is 31.2. The Bertz CT molecular complexity index is 1430. The average molecular weight is 1060 g/mol. The second-order valence-corrected chi connectivity index (χ2v) is 23.8. The van der Waals surface area contributed by atoms with E-state index in [4.69, 9.17) is 9.05 Å². The van der Waals surface area contributed by atoms with Crippen molar-refractivity contribution in [3.8, 4) is 0 Å². The predicted octanol–water partition coefficient (Wildman–Crippen LogP) is 18.8. The second-order valence-electron chi connectivity index (χ2n) is 22.4. The van der Waals surface area contributed by atoms with Crippen LogP contribution in [-0.4, -0.2) is 68.5 Å². The molecular weight excluding hydrogens is 936 g/mol. The van der Waals surface area contributed by atoms with Gasteiger partial charge >= 0.3 is 0 Å². The molecule has 1 amide bonds. The summed E-state index contributed by atoms with van der Waals surface area (Å²) >= 11 is 0. The molecule has 0 rings (SSSR count). The van der Waals surface area contributed by atoms with Gasteiger partial charge in [0.15, 0.2) is 0 Å². The van der Waals surface area contributed by atoms with E-state index < -0.39 is 26.6 Å². The number of carbonyl (C=O) groups is 1. The molecule has 0 bridgehead atoms. The Morgan fingerprint density at radius 2 is 0.797 bits per heavy atom. The van der Waals surface area contributed by atoms with Crippen LogP contribution in [0.3, 0.4) is 0 Å². The van der Waals surface area contributed by atoms with Crippen molar-refractivity contribution in [2.24, 2.45) is 0 Å². The minimum absolute atomic E-state index is 0.00993. The summed E-state index contributed by atoms with van der Waals surface area (Å²) in [5.41, 5.74) is 0. The molecule has 0 aromatic heterocycles. The van der Waals surface area contributed by atoms with Crippen LogP contribution < -0.4 is 10.2 Å². The largest absolute Gasteiger partial charge is 0.756 e. The molecule has 0 saturated heterocycles. The van der Waals surface area contributed by atoms with Gasteiger partial charge in [-0.05, 0) is 83.5 Å². The van der Waals surface area contributed by atoms with Crippen molar-refractivity contribution in [1.82, 2.24) is 5.32 Å². The number of carbonyl (C=O) groups excluding carboxylic acids is 1. The zero-order chi connectivity index (χ0) is 54.2. The van der Waals surface area contributed by atoms with Crippen LogP contribution in [-0.2, 0) is 18.4 Å². The van der Waals surface area contributed by atoms with Crippen molar-refractivity contribution in [3.05, 3.63) is 72.9 Å². The minimum Gasteiger partial charge on any atom is -0.756 e. The fourth-order valence-corrected chi connectivity index (χ4v) is 9.68. The third-order valence-corrected chi connectivity index (χ3v) is 14.8. The quantitative estimate of drug-likeness (QED) is 0.0272. The van der Waals surface area contributed by atoms with Gasteiger partial charge < -0.3 is 28.8 Å². The van der Waals surface area contributed by atoms with Crippen molar-refractivity contribution in [2.45, 2.75) is 296 Å². The van der Waals surface area contributed by atoms with Crippen LogP contribution >= 0.6 is 7.82 Å². The number of aliphatic hydroxyl groups is 1. The van der Waals surface area contributed by atoms with Crippen molar-refractivity contribution >= 4 is 13.7 Å². The predicted molar refractivity (Wildman–Crippen MR) is 320 cm³/mol. The van der Waals surface area contributed by atoms with E-state index in [1.54, 1.807) is 6.08 Å². The van der Waals surface area contributed by atoms with Gasteiger partial charge in [-0.2, -0.15) is 0 Å². The number of nitrogens with zero attached hydrogens (tertiary/aromatic N) is 1. The average Bonchev–Trinajstić information content (AvgIpc) is 3.36. The third kappa shape index (κ3) is 57.6. The molecule has 0 aliphatic rings. The summed E-state index contributed by atoms with van der Waals surface area (Å²) in [4.78, 5) is 25.5. The number of rotatable bonds is 57. The highest BCUT2D eigenvalue weighted by Crippen LogP contribution is 2.38. The lowest BCUT2D eigenvalue weighted by molar-refractivity contribution is -0.870. The molecular formula is C65H121N2O6P. The number of aliphatic hydroxyl groups excluding tert-OH is 1. The van der Waals surface area contributed by atoms with E-state index in [1.807, 2.05) is 27.2 Å². The maximum atomic E-state index is 13.0.